The number of hydrogen-bond donors (Lipinski definition) is 0. The van der Waals surface area contributed by atoms with Gasteiger partial charge in [0.25, 0.3) is 0 Å². The van der Waals surface area contributed by atoms with E-state index in [9.17, 15) is 5.26 Å². The highest BCUT2D eigenvalue weighted by Crippen LogP contribution is 2.36. The second-order valence-electron chi connectivity index (χ2n) is 9.54. The molecule has 0 aliphatic carbocycles. The monoisotopic (exact) mass is 380 g/mol. The lowest BCUT2D eigenvalue weighted by molar-refractivity contribution is 0.0750. The Kier molecular flexibility index (Phi) is 7.32. The molecule has 0 N–H and O–H groups in total. The van der Waals surface area contributed by atoms with Crippen LogP contribution in [0.1, 0.15) is 64.9 Å². The van der Waals surface area contributed by atoms with Gasteiger partial charge in [-0.25, -0.2) is 0 Å². The summed E-state index contributed by atoms with van der Waals surface area (Å²) in [5, 5.41) is 10.4. The number of nitriles is 1. The predicted octanol–water partition coefficient (Wildman–Crippen LogP) is 6.16. The van der Waals surface area contributed by atoms with Crippen LogP contribution in [-0.2, 0) is 6.54 Å². The Hall–Kier alpha value is -1.55. The van der Waals surface area contributed by atoms with Gasteiger partial charge in [0, 0.05) is 19.5 Å². The molecule has 0 bridgehead atoms. The fourth-order valence-electron chi connectivity index (χ4n) is 3.53. The molecule has 1 aromatic rings. The van der Waals surface area contributed by atoms with Crippen molar-refractivity contribution in [1.82, 2.24) is 4.90 Å². The van der Waals surface area contributed by atoms with E-state index in [0.717, 1.165) is 45.2 Å². The molecule has 1 aliphatic heterocycles. The number of rotatable bonds is 5. The van der Waals surface area contributed by atoms with Gasteiger partial charge < -0.3 is 0 Å². The summed E-state index contributed by atoms with van der Waals surface area (Å²) in [4.78, 5) is 2.42. The van der Waals surface area contributed by atoms with E-state index in [1.165, 1.54) is 12.0 Å². The topological polar surface area (TPSA) is 27.0 Å². The molecule has 2 nitrogen and oxygen atoms in total. The molecule has 1 heterocycles. The predicted molar refractivity (Wildman–Crippen MR) is 118 cm³/mol. The fraction of sp³-hybridized carbons (Fsp3) is 0.625. The summed E-state index contributed by atoms with van der Waals surface area (Å²) in [7, 11) is -1.52. The minimum Gasteiger partial charge on any atom is -0.281 e. The zero-order valence-corrected chi connectivity index (χ0v) is 18.9. The third-order valence-electron chi connectivity index (χ3n) is 6.47. The summed E-state index contributed by atoms with van der Waals surface area (Å²) in [6, 6.07) is 13.3. The van der Waals surface area contributed by atoms with Crippen molar-refractivity contribution >= 4 is 8.07 Å². The second-order valence-corrected chi connectivity index (χ2v) is 14.5. The Balaban J connectivity index is 2.00. The highest BCUT2D eigenvalue weighted by atomic mass is 28.3. The van der Waals surface area contributed by atoms with E-state index in [4.69, 9.17) is 0 Å². The van der Waals surface area contributed by atoms with Crippen molar-refractivity contribution in [2.45, 2.75) is 89.5 Å². The Morgan fingerprint density at radius 3 is 2.48 bits per heavy atom. The van der Waals surface area contributed by atoms with Crippen molar-refractivity contribution < 1.29 is 0 Å². The average molecular weight is 381 g/mol. The minimum atomic E-state index is -1.52. The zero-order chi connectivity index (χ0) is 20.0. The average Bonchev–Trinajstić information content (AvgIpc) is 2.62. The summed E-state index contributed by atoms with van der Waals surface area (Å²) in [5.41, 5.74) is 4.60. The third kappa shape index (κ3) is 5.71. The van der Waals surface area contributed by atoms with Crippen molar-refractivity contribution in [2.75, 3.05) is 6.54 Å². The van der Waals surface area contributed by atoms with Crippen LogP contribution < -0.4 is 0 Å². The van der Waals surface area contributed by atoms with Crippen LogP contribution in [0.15, 0.2) is 30.3 Å². The Morgan fingerprint density at radius 2 is 1.85 bits per heavy atom. The maximum Gasteiger partial charge on any atom is 0.137 e. The number of likely N-dealkylation sites (tertiary alicyclic amines) is 1. The van der Waals surface area contributed by atoms with Gasteiger partial charge in [0.2, 0.25) is 0 Å². The smallest absolute Gasteiger partial charge is 0.137 e. The molecule has 27 heavy (non-hydrogen) atoms. The lowest BCUT2D eigenvalue weighted by atomic mass is 9.83. The van der Waals surface area contributed by atoms with Crippen molar-refractivity contribution in [2.24, 2.45) is 0 Å². The van der Waals surface area contributed by atoms with Gasteiger partial charge in [0.15, 0.2) is 0 Å². The maximum absolute atomic E-state index is 10.1. The summed E-state index contributed by atoms with van der Waals surface area (Å²) in [6.45, 7) is 13.5. The van der Waals surface area contributed by atoms with E-state index in [2.05, 4.69) is 86.6 Å². The molecule has 1 aromatic carbocycles. The van der Waals surface area contributed by atoms with E-state index in [1.54, 1.807) is 0 Å². The largest absolute Gasteiger partial charge is 0.281 e. The van der Waals surface area contributed by atoms with E-state index < -0.39 is 8.07 Å². The first kappa shape index (κ1) is 21.7. The van der Waals surface area contributed by atoms with Gasteiger partial charge in [-0.1, -0.05) is 64.2 Å². The molecule has 2 rings (SSSR count). The van der Waals surface area contributed by atoms with Gasteiger partial charge in [-0.15, -0.1) is 11.5 Å². The molecular formula is C24H36N2Si. The van der Waals surface area contributed by atoms with Crippen LogP contribution >= 0.6 is 0 Å². The number of piperidine rings is 1. The van der Waals surface area contributed by atoms with Gasteiger partial charge >= 0.3 is 0 Å². The summed E-state index contributed by atoms with van der Waals surface area (Å²) >= 11 is 0. The molecule has 0 radical (unpaired) electrons. The molecule has 146 valence electrons. The molecule has 0 spiro atoms. The summed E-state index contributed by atoms with van der Waals surface area (Å²) in [5.74, 6) is 3.46. The quantitative estimate of drug-likeness (QED) is 0.348. The van der Waals surface area contributed by atoms with Gasteiger partial charge in [-0.2, -0.15) is 5.26 Å². The highest BCUT2D eigenvalue weighted by Gasteiger charge is 2.38. The van der Waals surface area contributed by atoms with Gasteiger partial charge in [0.1, 0.15) is 13.6 Å². The number of unbranched alkanes of at least 4 members (excludes halogenated alkanes) is 1. The fourth-order valence-corrected chi connectivity index (χ4v) is 4.47. The van der Waals surface area contributed by atoms with Crippen LogP contribution in [-0.4, -0.2) is 25.1 Å². The van der Waals surface area contributed by atoms with E-state index in [1.807, 2.05) is 0 Å². The number of hydrogen-bond acceptors (Lipinski definition) is 2. The van der Waals surface area contributed by atoms with E-state index in [0.29, 0.717) is 5.04 Å². The normalized spacial score (nSPS) is 21.2. The summed E-state index contributed by atoms with van der Waals surface area (Å²) in [6.07, 6.45) is 6.21. The van der Waals surface area contributed by atoms with Crippen molar-refractivity contribution in [3.8, 4) is 17.5 Å². The molecular weight excluding hydrogens is 344 g/mol. The Morgan fingerprint density at radius 1 is 1.15 bits per heavy atom. The van der Waals surface area contributed by atoms with Crippen molar-refractivity contribution in [3.05, 3.63) is 35.9 Å². The first-order valence-electron chi connectivity index (χ1n) is 10.4. The lowest BCUT2D eigenvalue weighted by Crippen LogP contribution is -2.50. The van der Waals surface area contributed by atoms with Crippen LogP contribution in [0.4, 0.5) is 0 Å². The number of nitrogens with zero attached hydrogens (tertiary/aromatic N) is 2. The zero-order valence-electron chi connectivity index (χ0n) is 17.9. The molecule has 3 heteroatoms. The Bertz CT molecular complexity index is 700. The second kappa shape index (κ2) is 9.09. The molecule has 1 saturated heterocycles. The van der Waals surface area contributed by atoms with E-state index in [-0.39, 0.29) is 5.54 Å². The van der Waals surface area contributed by atoms with Gasteiger partial charge in [-0.3, -0.25) is 4.90 Å². The molecule has 1 unspecified atom stereocenters. The first-order valence-corrected chi connectivity index (χ1v) is 13.4. The van der Waals surface area contributed by atoms with Crippen LogP contribution in [0, 0.1) is 22.8 Å². The molecule has 1 aliphatic rings. The third-order valence-corrected chi connectivity index (χ3v) is 11.0. The van der Waals surface area contributed by atoms with Gasteiger partial charge in [0.05, 0.1) is 6.07 Å². The maximum atomic E-state index is 10.1. The van der Waals surface area contributed by atoms with Crippen LogP contribution in [0.3, 0.4) is 0 Å². The van der Waals surface area contributed by atoms with Gasteiger partial charge in [-0.05, 0) is 42.7 Å². The molecule has 0 amide bonds. The van der Waals surface area contributed by atoms with Crippen LogP contribution in [0.25, 0.3) is 0 Å². The molecule has 1 atom stereocenters. The highest BCUT2D eigenvalue weighted by molar-refractivity contribution is 6.87. The molecule has 0 aromatic heterocycles. The number of benzene rings is 1. The van der Waals surface area contributed by atoms with Crippen molar-refractivity contribution in [3.63, 3.8) is 0 Å². The van der Waals surface area contributed by atoms with Crippen molar-refractivity contribution in [1.29, 1.82) is 5.26 Å². The Labute approximate surface area is 168 Å². The van der Waals surface area contributed by atoms with Crippen LogP contribution in [0.2, 0.25) is 18.1 Å². The molecule has 1 fully saturated rings. The first-order chi connectivity index (χ1) is 12.7. The van der Waals surface area contributed by atoms with E-state index >= 15 is 0 Å². The minimum absolute atomic E-state index is 0.309. The molecule has 0 saturated carbocycles. The van der Waals surface area contributed by atoms with Crippen LogP contribution in [0.5, 0.6) is 0 Å². The summed E-state index contributed by atoms with van der Waals surface area (Å²) < 4.78 is 0. The SMILES string of the molecule is CC(C)(C)[Si](C)(C)C#CCCCC1(C#N)CCCCN1Cc1ccccc1. The lowest BCUT2D eigenvalue weighted by Gasteiger charge is -2.42. The standard InChI is InChI=1S/C24H36N2Si/c1-23(2,3)27(4,5)19-13-7-10-16-24(21-25)17-11-12-18-26(24)20-22-14-8-6-9-15-22/h6,8-9,14-15H,7,10-12,16-18,20H2,1-5H3.